The maximum absolute atomic E-state index is 13.1. The largest absolute Gasteiger partial charge is 0.352 e. The van der Waals surface area contributed by atoms with Crippen molar-refractivity contribution < 1.29 is 13.7 Å². The molecule has 1 aromatic carbocycles. The van der Waals surface area contributed by atoms with Crippen molar-refractivity contribution in [3.8, 4) is 0 Å². The van der Waals surface area contributed by atoms with E-state index in [1.165, 1.54) is 6.07 Å². The highest BCUT2D eigenvalue weighted by Crippen LogP contribution is 2.09. The zero-order valence-electron chi connectivity index (χ0n) is 11.4. The standard InChI is InChI=1S/C14H16FN3O2/c1-9-7-11(3-4-12(9)15)8-16-13(19)5-6-14-17-10(2)18-20-14/h3-4,7H,5-6,8H2,1-2H3,(H,16,19). The summed E-state index contributed by atoms with van der Waals surface area (Å²) in [6, 6.07) is 4.78. The predicted octanol–water partition coefficient (Wildman–Crippen LogP) is 2.07. The Hall–Kier alpha value is -2.24. The van der Waals surface area contributed by atoms with Crippen LogP contribution in [0.2, 0.25) is 0 Å². The van der Waals surface area contributed by atoms with Crippen LogP contribution < -0.4 is 5.32 Å². The first kappa shape index (κ1) is 14.2. The average molecular weight is 277 g/mol. The smallest absolute Gasteiger partial charge is 0.227 e. The second kappa shape index (κ2) is 6.27. The van der Waals surface area contributed by atoms with Crippen molar-refractivity contribution in [2.75, 3.05) is 0 Å². The normalized spacial score (nSPS) is 10.6. The molecule has 6 heteroatoms. The van der Waals surface area contributed by atoms with Crippen LogP contribution in [0.15, 0.2) is 22.7 Å². The van der Waals surface area contributed by atoms with Gasteiger partial charge in [-0.05, 0) is 31.0 Å². The maximum Gasteiger partial charge on any atom is 0.227 e. The van der Waals surface area contributed by atoms with Crippen LogP contribution in [0.25, 0.3) is 0 Å². The van der Waals surface area contributed by atoms with Gasteiger partial charge in [0.05, 0.1) is 0 Å². The van der Waals surface area contributed by atoms with Gasteiger partial charge in [-0.3, -0.25) is 4.79 Å². The molecule has 0 fully saturated rings. The summed E-state index contributed by atoms with van der Waals surface area (Å²) in [5, 5.41) is 6.42. The lowest BCUT2D eigenvalue weighted by molar-refractivity contribution is -0.121. The third kappa shape index (κ3) is 3.88. The lowest BCUT2D eigenvalue weighted by atomic mass is 10.1. The van der Waals surface area contributed by atoms with Gasteiger partial charge in [0.15, 0.2) is 5.82 Å². The van der Waals surface area contributed by atoms with Crippen LogP contribution in [-0.2, 0) is 17.8 Å². The molecule has 0 bridgehead atoms. The number of hydrogen-bond donors (Lipinski definition) is 1. The van der Waals surface area contributed by atoms with Crippen LogP contribution in [-0.4, -0.2) is 16.0 Å². The van der Waals surface area contributed by atoms with Crippen molar-refractivity contribution in [3.05, 3.63) is 46.9 Å². The van der Waals surface area contributed by atoms with Gasteiger partial charge in [0.1, 0.15) is 5.82 Å². The Bertz CT molecular complexity index is 610. The Morgan fingerprint density at radius 3 is 2.85 bits per heavy atom. The van der Waals surface area contributed by atoms with Crippen molar-refractivity contribution in [2.45, 2.75) is 33.2 Å². The van der Waals surface area contributed by atoms with Crippen molar-refractivity contribution >= 4 is 5.91 Å². The number of rotatable bonds is 5. The van der Waals surface area contributed by atoms with Crippen molar-refractivity contribution in [1.29, 1.82) is 0 Å². The first-order valence-corrected chi connectivity index (χ1v) is 6.35. The van der Waals surface area contributed by atoms with E-state index >= 15 is 0 Å². The number of aromatic nitrogens is 2. The zero-order chi connectivity index (χ0) is 14.5. The summed E-state index contributed by atoms with van der Waals surface area (Å²) in [7, 11) is 0. The Balaban J connectivity index is 1.78. The number of aryl methyl sites for hydroxylation is 3. The highest BCUT2D eigenvalue weighted by molar-refractivity contribution is 5.76. The molecule has 0 spiro atoms. The average Bonchev–Trinajstić information content (AvgIpc) is 2.83. The van der Waals surface area contributed by atoms with E-state index in [0.29, 0.717) is 30.2 Å². The van der Waals surface area contributed by atoms with Crippen molar-refractivity contribution in [2.24, 2.45) is 0 Å². The van der Waals surface area contributed by atoms with Gasteiger partial charge in [-0.25, -0.2) is 4.39 Å². The number of benzene rings is 1. The fourth-order valence-corrected chi connectivity index (χ4v) is 1.77. The highest BCUT2D eigenvalue weighted by Gasteiger charge is 2.07. The van der Waals surface area contributed by atoms with Crippen LogP contribution in [0, 0.1) is 19.7 Å². The molecule has 0 saturated carbocycles. The topological polar surface area (TPSA) is 68.0 Å². The number of carbonyl (C=O) groups is 1. The fourth-order valence-electron chi connectivity index (χ4n) is 1.77. The third-order valence-electron chi connectivity index (χ3n) is 2.85. The summed E-state index contributed by atoms with van der Waals surface area (Å²) in [5.74, 6) is 0.659. The van der Waals surface area contributed by atoms with Crippen LogP contribution in [0.5, 0.6) is 0 Å². The summed E-state index contributed by atoms with van der Waals surface area (Å²) < 4.78 is 18.0. The molecule has 1 aromatic heterocycles. The number of hydrogen-bond acceptors (Lipinski definition) is 4. The molecule has 106 valence electrons. The second-order valence-electron chi connectivity index (χ2n) is 4.60. The first-order valence-electron chi connectivity index (χ1n) is 6.35. The van der Waals surface area contributed by atoms with E-state index in [1.807, 2.05) is 0 Å². The van der Waals surface area contributed by atoms with Gasteiger partial charge in [0.2, 0.25) is 11.8 Å². The molecule has 1 amide bonds. The second-order valence-corrected chi connectivity index (χ2v) is 4.60. The van der Waals surface area contributed by atoms with Crippen LogP contribution in [0.1, 0.15) is 29.3 Å². The van der Waals surface area contributed by atoms with E-state index in [2.05, 4.69) is 15.5 Å². The molecule has 0 saturated heterocycles. The summed E-state index contributed by atoms with van der Waals surface area (Å²) in [4.78, 5) is 15.7. The van der Waals surface area contributed by atoms with Gasteiger partial charge in [0.25, 0.3) is 0 Å². The number of nitrogens with one attached hydrogen (secondary N) is 1. The summed E-state index contributed by atoms with van der Waals surface area (Å²) >= 11 is 0. The van der Waals surface area contributed by atoms with Gasteiger partial charge >= 0.3 is 0 Å². The zero-order valence-corrected chi connectivity index (χ0v) is 11.4. The number of halogens is 1. The number of nitrogens with zero attached hydrogens (tertiary/aromatic N) is 2. The lowest BCUT2D eigenvalue weighted by Crippen LogP contribution is -2.23. The summed E-state index contributed by atoms with van der Waals surface area (Å²) in [6.45, 7) is 3.80. The van der Waals surface area contributed by atoms with E-state index in [9.17, 15) is 9.18 Å². The van der Waals surface area contributed by atoms with E-state index < -0.39 is 0 Å². The summed E-state index contributed by atoms with van der Waals surface area (Å²) in [6.07, 6.45) is 0.691. The fraction of sp³-hybridized carbons (Fsp3) is 0.357. The van der Waals surface area contributed by atoms with E-state index in [1.54, 1.807) is 26.0 Å². The van der Waals surface area contributed by atoms with E-state index in [-0.39, 0.29) is 18.1 Å². The molecule has 1 heterocycles. The molecule has 0 aliphatic heterocycles. The lowest BCUT2D eigenvalue weighted by Gasteiger charge is -2.06. The minimum Gasteiger partial charge on any atom is -0.352 e. The minimum atomic E-state index is -0.244. The van der Waals surface area contributed by atoms with Gasteiger partial charge in [-0.2, -0.15) is 4.98 Å². The van der Waals surface area contributed by atoms with Gasteiger partial charge in [-0.1, -0.05) is 17.3 Å². The first-order chi connectivity index (χ1) is 9.54. The quantitative estimate of drug-likeness (QED) is 0.908. The SMILES string of the molecule is Cc1noc(CCC(=O)NCc2ccc(F)c(C)c2)n1. The molecule has 0 unspecified atom stereocenters. The molecule has 2 aromatic rings. The highest BCUT2D eigenvalue weighted by atomic mass is 19.1. The maximum atomic E-state index is 13.1. The Labute approximate surface area is 116 Å². The molecular formula is C14H16FN3O2. The molecule has 2 rings (SSSR count). The monoisotopic (exact) mass is 277 g/mol. The third-order valence-corrected chi connectivity index (χ3v) is 2.85. The molecule has 5 nitrogen and oxygen atoms in total. The predicted molar refractivity (Wildman–Crippen MR) is 70.3 cm³/mol. The molecular weight excluding hydrogens is 261 g/mol. The number of carbonyl (C=O) groups excluding carboxylic acids is 1. The van der Waals surface area contributed by atoms with E-state index in [0.717, 1.165) is 5.56 Å². The van der Waals surface area contributed by atoms with Crippen LogP contribution in [0.3, 0.4) is 0 Å². The van der Waals surface area contributed by atoms with Gasteiger partial charge in [0, 0.05) is 19.4 Å². The van der Waals surface area contributed by atoms with Crippen molar-refractivity contribution in [3.63, 3.8) is 0 Å². The van der Waals surface area contributed by atoms with Gasteiger partial charge in [-0.15, -0.1) is 0 Å². The van der Waals surface area contributed by atoms with E-state index in [4.69, 9.17) is 4.52 Å². The summed E-state index contributed by atoms with van der Waals surface area (Å²) in [5.41, 5.74) is 1.43. The van der Waals surface area contributed by atoms with Crippen LogP contribution in [0.4, 0.5) is 4.39 Å². The Morgan fingerprint density at radius 2 is 2.20 bits per heavy atom. The molecule has 0 aliphatic carbocycles. The Morgan fingerprint density at radius 1 is 1.40 bits per heavy atom. The number of amides is 1. The molecule has 1 N–H and O–H groups in total. The van der Waals surface area contributed by atoms with Crippen molar-refractivity contribution in [1.82, 2.24) is 15.5 Å². The molecule has 0 radical (unpaired) electrons. The molecule has 20 heavy (non-hydrogen) atoms. The Kier molecular flexibility index (Phi) is 4.45. The molecule has 0 aliphatic rings. The minimum absolute atomic E-state index is 0.108. The van der Waals surface area contributed by atoms with Gasteiger partial charge < -0.3 is 9.84 Å². The van der Waals surface area contributed by atoms with Crippen LogP contribution >= 0.6 is 0 Å². The molecule has 0 atom stereocenters.